The molecule has 0 unspecified atom stereocenters. The average molecular weight is 273 g/mol. The Bertz CT molecular complexity index is 478. The fourth-order valence-corrected chi connectivity index (χ4v) is 2.25. The maximum atomic E-state index is 6.24. The van der Waals surface area contributed by atoms with Crippen LogP contribution in [0.1, 0.15) is 26.3 Å². The summed E-state index contributed by atoms with van der Waals surface area (Å²) < 4.78 is 11.3. The fourth-order valence-electron chi connectivity index (χ4n) is 1.73. The van der Waals surface area contributed by atoms with Crippen LogP contribution in [0.15, 0.2) is 23.2 Å². The molecule has 0 aromatic heterocycles. The van der Waals surface area contributed by atoms with Gasteiger partial charge in [-0.2, -0.15) is 0 Å². The van der Waals surface area contributed by atoms with Gasteiger partial charge in [0.2, 0.25) is 0 Å². The lowest BCUT2D eigenvalue weighted by atomic mass is 10.0. The second-order valence-corrected chi connectivity index (χ2v) is 5.09. The molecule has 1 aromatic carbocycles. The van der Waals surface area contributed by atoms with E-state index in [1.807, 2.05) is 39.0 Å². The zero-order chi connectivity index (χ0) is 12.6. The lowest BCUT2D eigenvalue weighted by Gasteiger charge is -2.32. The van der Waals surface area contributed by atoms with Crippen molar-refractivity contribution in [3.63, 3.8) is 0 Å². The molecule has 17 heavy (non-hydrogen) atoms. The molecule has 0 bridgehead atoms. The number of hydrogen-bond acceptors (Lipinski definition) is 2. The van der Waals surface area contributed by atoms with Gasteiger partial charge in [0.1, 0.15) is 17.1 Å². The molecule has 1 aliphatic rings. The van der Waals surface area contributed by atoms with Gasteiger partial charge in [0.05, 0.1) is 16.7 Å². The Hall–Kier alpha value is -0.860. The molecule has 2 rings (SSSR count). The Morgan fingerprint density at radius 1 is 1.29 bits per heavy atom. The Kier molecular flexibility index (Phi) is 3.28. The average Bonchev–Trinajstić information content (AvgIpc) is 2.26. The highest BCUT2D eigenvalue weighted by Gasteiger charge is 2.33. The zero-order valence-corrected chi connectivity index (χ0v) is 11.5. The van der Waals surface area contributed by atoms with Crippen molar-refractivity contribution in [3.05, 3.63) is 28.8 Å². The Morgan fingerprint density at radius 2 is 2.00 bits per heavy atom. The number of ether oxygens (including phenoxy) is 2. The van der Waals surface area contributed by atoms with Crippen molar-refractivity contribution < 1.29 is 9.47 Å². The van der Waals surface area contributed by atoms with Gasteiger partial charge in [0.15, 0.2) is 0 Å². The lowest BCUT2D eigenvalue weighted by molar-refractivity contribution is 0.153. The van der Waals surface area contributed by atoms with Crippen LogP contribution in [-0.2, 0) is 0 Å². The van der Waals surface area contributed by atoms with Gasteiger partial charge in [0, 0.05) is 11.6 Å². The van der Waals surface area contributed by atoms with Crippen molar-refractivity contribution in [2.24, 2.45) is 0 Å². The monoisotopic (exact) mass is 272 g/mol. The molecule has 1 heterocycles. The van der Waals surface area contributed by atoms with E-state index in [4.69, 9.17) is 32.7 Å². The van der Waals surface area contributed by atoms with Gasteiger partial charge in [0.25, 0.3) is 0 Å². The number of fused-ring (bicyclic) bond motifs is 1. The minimum Gasteiger partial charge on any atom is -0.494 e. The van der Waals surface area contributed by atoms with Crippen LogP contribution in [0.5, 0.6) is 11.5 Å². The van der Waals surface area contributed by atoms with Gasteiger partial charge in [-0.05, 0) is 32.9 Å². The smallest absolute Gasteiger partial charge is 0.140 e. The molecule has 0 saturated carbocycles. The second kappa shape index (κ2) is 4.43. The predicted octanol–water partition coefficient (Wildman–Crippen LogP) is 4.40. The molecule has 0 spiro atoms. The highest BCUT2D eigenvalue weighted by Crippen LogP contribution is 2.45. The fraction of sp³-hybridized carbons (Fsp3) is 0.385. The lowest BCUT2D eigenvalue weighted by Crippen LogP contribution is -2.32. The van der Waals surface area contributed by atoms with Crippen molar-refractivity contribution >= 4 is 28.2 Å². The standard InChI is InChI=1S/C13H14Cl2O2/c1-4-16-8-5-6-9-10(7-8)17-13(2,3)12(15)11(9)14/h5-7H,4H2,1-3H3. The Labute approximate surface area is 111 Å². The van der Waals surface area contributed by atoms with Crippen LogP contribution in [0.3, 0.4) is 0 Å². The highest BCUT2D eigenvalue weighted by molar-refractivity contribution is 6.55. The molecular formula is C13H14Cl2O2. The molecule has 1 aromatic rings. The van der Waals surface area contributed by atoms with Crippen molar-refractivity contribution in [3.8, 4) is 11.5 Å². The predicted molar refractivity (Wildman–Crippen MR) is 70.9 cm³/mol. The Morgan fingerprint density at radius 3 is 2.65 bits per heavy atom. The van der Waals surface area contributed by atoms with Crippen LogP contribution in [0, 0.1) is 0 Å². The summed E-state index contributed by atoms with van der Waals surface area (Å²) in [7, 11) is 0. The number of hydrogen-bond donors (Lipinski definition) is 0. The van der Waals surface area contributed by atoms with E-state index in [9.17, 15) is 0 Å². The third-order valence-electron chi connectivity index (χ3n) is 2.59. The molecule has 0 radical (unpaired) electrons. The van der Waals surface area contributed by atoms with Crippen LogP contribution >= 0.6 is 23.2 Å². The minimum atomic E-state index is -0.601. The first-order valence-corrected chi connectivity index (χ1v) is 6.23. The molecule has 0 atom stereocenters. The van der Waals surface area contributed by atoms with Crippen LogP contribution < -0.4 is 9.47 Å². The van der Waals surface area contributed by atoms with E-state index in [1.54, 1.807) is 0 Å². The summed E-state index contributed by atoms with van der Waals surface area (Å²) in [6.07, 6.45) is 0. The first kappa shape index (κ1) is 12.6. The first-order valence-electron chi connectivity index (χ1n) is 5.47. The van der Waals surface area contributed by atoms with E-state index in [2.05, 4.69) is 0 Å². The Balaban J connectivity index is 2.49. The van der Waals surface area contributed by atoms with E-state index >= 15 is 0 Å². The van der Waals surface area contributed by atoms with E-state index in [-0.39, 0.29) is 0 Å². The van der Waals surface area contributed by atoms with Crippen molar-refractivity contribution in [2.75, 3.05) is 6.61 Å². The van der Waals surface area contributed by atoms with Gasteiger partial charge < -0.3 is 9.47 Å². The normalized spacial score (nSPS) is 17.5. The van der Waals surface area contributed by atoms with Crippen molar-refractivity contribution in [1.29, 1.82) is 0 Å². The molecular weight excluding hydrogens is 259 g/mol. The van der Waals surface area contributed by atoms with Crippen LogP contribution in [0.4, 0.5) is 0 Å². The first-order chi connectivity index (χ1) is 7.95. The quantitative estimate of drug-likeness (QED) is 0.795. The molecule has 0 saturated heterocycles. The van der Waals surface area contributed by atoms with Crippen LogP contribution in [-0.4, -0.2) is 12.2 Å². The van der Waals surface area contributed by atoms with Gasteiger partial charge in [-0.1, -0.05) is 23.2 Å². The molecule has 92 valence electrons. The van der Waals surface area contributed by atoms with Crippen LogP contribution in [0.25, 0.3) is 5.03 Å². The van der Waals surface area contributed by atoms with E-state index in [0.717, 1.165) is 11.3 Å². The second-order valence-electron chi connectivity index (χ2n) is 4.33. The minimum absolute atomic E-state index is 0.524. The van der Waals surface area contributed by atoms with E-state index < -0.39 is 5.60 Å². The molecule has 1 aliphatic heterocycles. The van der Waals surface area contributed by atoms with Gasteiger partial charge in [-0.3, -0.25) is 0 Å². The molecule has 0 aliphatic carbocycles. The largest absolute Gasteiger partial charge is 0.494 e. The summed E-state index contributed by atoms with van der Waals surface area (Å²) in [4.78, 5) is 0. The zero-order valence-electron chi connectivity index (χ0n) is 10.0. The number of rotatable bonds is 2. The van der Waals surface area contributed by atoms with Gasteiger partial charge >= 0.3 is 0 Å². The summed E-state index contributed by atoms with van der Waals surface area (Å²) in [5.41, 5.74) is 0.204. The molecule has 4 heteroatoms. The maximum Gasteiger partial charge on any atom is 0.140 e. The molecule has 2 nitrogen and oxygen atoms in total. The van der Waals surface area contributed by atoms with Crippen LogP contribution in [0.2, 0.25) is 0 Å². The summed E-state index contributed by atoms with van der Waals surface area (Å²) in [6.45, 7) is 6.32. The van der Waals surface area contributed by atoms with Crippen molar-refractivity contribution in [1.82, 2.24) is 0 Å². The molecule has 0 fully saturated rings. The number of halogens is 2. The third-order valence-corrected chi connectivity index (χ3v) is 3.72. The maximum absolute atomic E-state index is 6.24. The van der Waals surface area contributed by atoms with E-state index in [0.29, 0.717) is 22.4 Å². The topological polar surface area (TPSA) is 18.5 Å². The SMILES string of the molecule is CCOc1ccc2c(c1)OC(C)(C)C(Cl)=C2Cl. The molecule has 0 amide bonds. The highest BCUT2D eigenvalue weighted by atomic mass is 35.5. The van der Waals surface area contributed by atoms with Gasteiger partial charge in [-0.15, -0.1) is 0 Å². The summed E-state index contributed by atoms with van der Waals surface area (Å²) >= 11 is 12.4. The number of benzene rings is 1. The summed E-state index contributed by atoms with van der Waals surface area (Å²) in [5.74, 6) is 1.47. The molecule has 0 N–H and O–H groups in total. The summed E-state index contributed by atoms with van der Waals surface area (Å²) in [5, 5.41) is 1.07. The third kappa shape index (κ3) is 2.24. The van der Waals surface area contributed by atoms with E-state index in [1.165, 1.54) is 0 Å². The van der Waals surface area contributed by atoms with Gasteiger partial charge in [-0.25, -0.2) is 0 Å². The summed E-state index contributed by atoms with van der Waals surface area (Å²) in [6, 6.07) is 5.56. The van der Waals surface area contributed by atoms with Crippen molar-refractivity contribution in [2.45, 2.75) is 26.4 Å².